The van der Waals surface area contributed by atoms with Crippen molar-refractivity contribution < 1.29 is 4.79 Å². The van der Waals surface area contributed by atoms with Crippen molar-refractivity contribution in [2.24, 2.45) is 0 Å². The minimum Gasteiger partial charge on any atom is -0.339 e. The Bertz CT molecular complexity index is 891. The van der Waals surface area contributed by atoms with Crippen molar-refractivity contribution in [1.29, 1.82) is 0 Å². The molecule has 1 saturated heterocycles. The molecule has 0 bridgehead atoms. The lowest BCUT2D eigenvalue weighted by atomic mass is 9.95. The number of likely N-dealkylation sites (tertiary alicyclic amines) is 1. The molecule has 0 aliphatic carbocycles. The van der Waals surface area contributed by atoms with Gasteiger partial charge in [0.15, 0.2) is 0 Å². The lowest BCUT2D eigenvalue weighted by Gasteiger charge is -2.19. The van der Waals surface area contributed by atoms with Crippen molar-refractivity contribution in [2.45, 2.75) is 45.6 Å². The summed E-state index contributed by atoms with van der Waals surface area (Å²) in [6, 6.07) is 12.3. The molecule has 0 radical (unpaired) electrons. The molecule has 2 heterocycles. The van der Waals surface area contributed by atoms with Gasteiger partial charge in [0.1, 0.15) is 0 Å². The van der Waals surface area contributed by atoms with Crippen molar-refractivity contribution in [1.82, 2.24) is 9.88 Å². The highest BCUT2D eigenvalue weighted by Crippen LogP contribution is 2.28. The SMILES string of the molecule is Cc1ccc(/C(=C/[C@H]2CCC(=O)N2C)c2ccc(C(C)C)cc2)[nH]c1=O. The number of rotatable bonds is 4. The second-order valence-corrected chi connectivity index (χ2v) is 7.35. The summed E-state index contributed by atoms with van der Waals surface area (Å²) in [6.45, 7) is 6.14. The number of carbonyl (C=O) groups excluding carboxylic acids is 1. The van der Waals surface area contributed by atoms with Gasteiger partial charge in [-0.25, -0.2) is 0 Å². The zero-order valence-corrected chi connectivity index (χ0v) is 15.9. The van der Waals surface area contributed by atoms with Crippen LogP contribution in [-0.2, 0) is 4.79 Å². The Morgan fingerprint density at radius 1 is 1.15 bits per heavy atom. The van der Waals surface area contributed by atoms with Gasteiger partial charge in [0.05, 0.1) is 6.04 Å². The highest BCUT2D eigenvalue weighted by atomic mass is 16.2. The predicted octanol–water partition coefficient (Wildman–Crippen LogP) is 3.86. The van der Waals surface area contributed by atoms with Crippen LogP contribution in [0.15, 0.2) is 47.3 Å². The number of pyridine rings is 1. The van der Waals surface area contributed by atoms with Crippen LogP contribution in [-0.4, -0.2) is 28.9 Å². The quantitative estimate of drug-likeness (QED) is 0.910. The molecule has 1 fully saturated rings. The number of H-pyrrole nitrogens is 1. The van der Waals surface area contributed by atoms with E-state index in [1.165, 1.54) is 5.56 Å². The molecule has 1 aromatic carbocycles. The van der Waals surface area contributed by atoms with E-state index in [-0.39, 0.29) is 17.5 Å². The van der Waals surface area contributed by atoms with Crippen molar-refractivity contribution in [3.8, 4) is 0 Å². The number of nitrogens with zero attached hydrogens (tertiary/aromatic N) is 1. The fraction of sp³-hybridized carbons (Fsp3) is 0.364. The second kappa shape index (κ2) is 7.32. The molecular formula is C22H26N2O2. The molecule has 1 aliphatic rings. The second-order valence-electron chi connectivity index (χ2n) is 7.35. The third-order valence-electron chi connectivity index (χ3n) is 5.19. The number of amides is 1. The first kappa shape index (κ1) is 18.2. The summed E-state index contributed by atoms with van der Waals surface area (Å²) in [5.74, 6) is 0.632. The number of hydrogen-bond acceptors (Lipinski definition) is 2. The molecule has 136 valence electrons. The van der Waals surface area contributed by atoms with Crippen molar-refractivity contribution in [3.05, 3.63) is 75.2 Å². The summed E-state index contributed by atoms with van der Waals surface area (Å²) in [7, 11) is 1.84. The van der Waals surface area contributed by atoms with E-state index in [1.54, 1.807) is 11.8 Å². The Hall–Kier alpha value is -2.62. The van der Waals surface area contributed by atoms with E-state index in [9.17, 15) is 9.59 Å². The van der Waals surface area contributed by atoms with Gasteiger partial charge in [-0.2, -0.15) is 0 Å². The van der Waals surface area contributed by atoms with Crippen LogP contribution in [0.3, 0.4) is 0 Å². The molecule has 1 atom stereocenters. The minimum absolute atomic E-state index is 0.0482. The maximum absolute atomic E-state index is 12.1. The average molecular weight is 350 g/mol. The van der Waals surface area contributed by atoms with E-state index in [1.807, 2.05) is 19.2 Å². The fourth-order valence-corrected chi connectivity index (χ4v) is 3.31. The standard InChI is InChI=1S/C22H26N2O2/c1-14(2)16-6-8-17(9-7-16)19(13-18-10-12-21(25)24(18)4)20-11-5-15(3)22(26)23-20/h5-9,11,13-14,18H,10,12H2,1-4H3,(H,23,26)/b19-13+/t18-/m1/s1. The molecule has 1 amide bonds. The van der Waals surface area contributed by atoms with Crippen LogP contribution in [0.25, 0.3) is 5.57 Å². The Labute approximate surface area is 154 Å². The molecule has 3 rings (SSSR count). The number of aromatic nitrogens is 1. The Kier molecular flexibility index (Phi) is 5.12. The largest absolute Gasteiger partial charge is 0.339 e. The normalized spacial score (nSPS) is 18.0. The van der Waals surface area contributed by atoms with Gasteiger partial charge in [0.25, 0.3) is 5.56 Å². The first-order valence-corrected chi connectivity index (χ1v) is 9.15. The van der Waals surface area contributed by atoms with E-state index in [4.69, 9.17) is 0 Å². The van der Waals surface area contributed by atoms with Gasteiger partial charge in [-0.1, -0.05) is 50.3 Å². The molecule has 2 aromatic rings. The van der Waals surface area contributed by atoms with Crippen molar-refractivity contribution in [3.63, 3.8) is 0 Å². The van der Waals surface area contributed by atoms with Crippen LogP contribution in [0, 0.1) is 6.92 Å². The van der Waals surface area contributed by atoms with Gasteiger partial charge >= 0.3 is 0 Å². The monoisotopic (exact) mass is 350 g/mol. The van der Waals surface area contributed by atoms with Crippen LogP contribution in [0.1, 0.15) is 55.0 Å². The number of hydrogen-bond donors (Lipinski definition) is 1. The molecule has 0 unspecified atom stereocenters. The summed E-state index contributed by atoms with van der Waals surface area (Å²) < 4.78 is 0. The summed E-state index contributed by atoms with van der Waals surface area (Å²) in [5.41, 5.74) is 4.68. The zero-order valence-electron chi connectivity index (χ0n) is 15.9. The highest BCUT2D eigenvalue weighted by Gasteiger charge is 2.26. The molecule has 1 aliphatic heterocycles. The summed E-state index contributed by atoms with van der Waals surface area (Å²) in [4.78, 5) is 28.8. The summed E-state index contributed by atoms with van der Waals surface area (Å²) >= 11 is 0. The van der Waals surface area contributed by atoms with Crippen molar-refractivity contribution >= 4 is 11.5 Å². The van der Waals surface area contributed by atoms with Crippen LogP contribution >= 0.6 is 0 Å². The Morgan fingerprint density at radius 2 is 1.85 bits per heavy atom. The molecule has 4 heteroatoms. The van der Waals surface area contributed by atoms with Gasteiger partial charge < -0.3 is 9.88 Å². The van der Waals surface area contributed by atoms with E-state index in [0.717, 1.165) is 23.3 Å². The van der Waals surface area contributed by atoms with Gasteiger partial charge in [-0.15, -0.1) is 0 Å². The maximum Gasteiger partial charge on any atom is 0.251 e. The Morgan fingerprint density at radius 3 is 2.38 bits per heavy atom. The van der Waals surface area contributed by atoms with E-state index >= 15 is 0 Å². The lowest BCUT2D eigenvalue weighted by molar-refractivity contribution is -0.127. The first-order valence-electron chi connectivity index (χ1n) is 9.15. The van der Waals surface area contributed by atoms with Crippen LogP contribution in [0.2, 0.25) is 0 Å². The molecule has 1 N–H and O–H groups in total. The van der Waals surface area contributed by atoms with Crippen molar-refractivity contribution in [2.75, 3.05) is 7.05 Å². The molecule has 4 nitrogen and oxygen atoms in total. The Balaban J connectivity index is 2.08. The van der Waals surface area contributed by atoms with Gasteiger partial charge in [0.2, 0.25) is 5.91 Å². The number of likely N-dealkylation sites (N-methyl/N-ethyl adjacent to an activating group) is 1. The van der Waals surface area contributed by atoms with Gasteiger partial charge in [-0.3, -0.25) is 9.59 Å². The fourth-order valence-electron chi connectivity index (χ4n) is 3.31. The summed E-state index contributed by atoms with van der Waals surface area (Å²) in [5, 5.41) is 0. The number of nitrogens with one attached hydrogen (secondary N) is 1. The zero-order chi connectivity index (χ0) is 18.8. The predicted molar refractivity (Wildman–Crippen MR) is 105 cm³/mol. The van der Waals surface area contributed by atoms with E-state index < -0.39 is 0 Å². The van der Waals surface area contributed by atoms with Crippen LogP contribution < -0.4 is 5.56 Å². The molecule has 1 aromatic heterocycles. The van der Waals surface area contributed by atoms with Crippen LogP contribution in [0.4, 0.5) is 0 Å². The molecular weight excluding hydrogens is 324 g/mol. The van der Waals surface area contributed by atoms with Gasteiger partial charge in [-0.05, 0) is 36.5 Å². The highest BCUT2D eigenvalue weighted by molar-refractivity contribution is 5.82. The molecule has 0 saturated carbocycles. The average Bonchev–Trinajstić information content (AvgIpc) is 2.94. The molecule has 0 spiro atoms. The summed E-state index contributed by atoms with van der Waals surface area (Å²) in [6.07, 6.45) is 3.48. The van der Waals surface area contributed by atoms with Crippen LogP contribution in [0.5, 0.6) is 0 Å². The lowest BCUT2D eigenvalue weighted by Crippen LogP contribution is -2.27. The first-order chi connectivity index (χ1) is 12.4. The van der Waals surface area contributed by atoms with Gasteiger partial charge in [0, 0.05) is 30.3 Å². The minimum atomic E-state index is -0.0805. The maximum atomic E-state index is 12.1. The topological polar surface area (TPSA) is 53.2 Å². The van der Waals surface area contributed by atoms with E-state index in [2.05, 4.69) is 49.2 Å². The number of carbonyl (C=O) groups is 1. The number of aromatic amines is 1. The third-order valence-corrected chi connectivity index (χ3v) is 5.19. The smallest absolute Gasteiger partial charge is 0.251 e. The molecule has 26 heavy (non-hydrogen) atoms. The number of aryl methyl sites for hydroxylation is 1. The van der Waals surface area contributed by atoms with E-state index in [0.29, 0.717) is 17.9 Å². The number of benzene rings is 1. The third kappa shape index (κ3) is 3.64.